The minimum atomic E-state index is -0.486. The van der Waals surface area contributed by atoms with Crippen molar-refractivity contribution >= 4 is 0 Å². The number of hydrogen-bond acceptors (Lipinski definition) is 4. The molecule has 0 atom stereocenters. The molecule has 0 saturated heterocycles. The molecule has 0 amide bonds. The second-order valence-electron chi connectivity index (χ2n) is 1.29. The molecule has 0 aromatic carbocycles. The zero-order valence-corrected chi connectivity index (χ0v) is 3.94. The maximum absolute atomic E-state index is 9.82. The van der Waals surface area contributed by atoms with Crippen LogP contribution in [0.5, 0.6) is 0 Å². The lowest BCUT2D eigenvalue weighted by molar-refractivity contribution is -0.424. The van der Waals surface area contributed by atoms with Gasteiger partial charge in [-0.15, -0.1) is 0 Å². The molecule has 0 saturated carbocycles. The largest absolute Gasteiger partial charge is 0.289 e. The van der Waals surface area contributed by atoms with Crippen LogP contribution < -0.4 is 0 Å². The van der Waals surface area contributed by atoms with Crippen LogP contribution in [0.15, 0.2) is 22.1 Å². The van der Waals surface area contributed by atoms with Crippen molar-refractivity contribution in [2.75, 3.05) is 6.54 Å². The van der Waals surface area contributed by atoms with Gasteiger partial charge in [0.2, 0.25) is 0 Å². The van der Waals surface area contributed by atoms with Gasteiger partial charge in [-0.3, -0.25) is 10.1 Å². The Hall–Kier alpha value is -1.26. The smallest absolute Gasteiger partial charge is 0.259 e. The molecule has 0 unspecified atom stereocenters. The number of azo groups is 1. The van der Waals surface area contributed by atoms with Gasteiger partial charge in [0, 0.05) is 0 Å². The molecule has 0 bridgehead atoms. The van der Waals surface area contributed by atoms with Crippen molar-refractivity contribution in [1.29, 1.82) is 0 Å². The number of hydrogen-bond donors (Lipinski definition) is 0. The number of nitro groups is 1. The highest BCUT2D eigenvalue weighted by molar-refractivity contribution is 4.95. The fourth-order valence-electron chi connectivity index (χ4n) is 0.366. The van der Waals surface area contributed by atoms with Crippen LogP contribution in [0.2, 0.25) is 0 Å². The van der Waals surface area contributed by atoms with Crippen molar-refractivity contribution in [2.24, 2.45) is 10.2 Å². The van der Waals surface area contributed by atoms with E-state index >= 15 is 0 Å². The van der Waals surface area contributed by atoms with E-state index in [1.54, 1.807) is 0 Å². The summed E-state index contributed by atoms with van der Waals surface area (Å²) in [5.74, 6) is 0. The van der Waals surface area contributed by atoms with Crippen LogP contribution in [-0.4, -0.2) is 11.5 Å². The Bertz CT molecular complexity index is 171. The van der Waals surface area contributed by atoms with Gasteiger partial charge in [-0.2, -0.15) is 10.2 Å². The molecule has 5 heteroatoms. The SMILES string of the molecule is O=[N+]([O-])C1=CN=NC1. The first-order chi connectivity index (χ1) is 3.80. The standard InChI is InChI=1S/C3H3N3O2/c7-6(8)3-1-4-5-2-3/h1H,2H2. The molecule has 1 aliphatic rings. The van der Waals surface area contributed by atoms with Gasteiger partial charge in [-0.05, 0) is 0 Å². The summed E-state index contributed by atoms with van der Waals surface area (Å²) in [6.45, 7) is 0.118. The zero-order valence-electron chi connectivity index (χ0n) is 3.94. The van der Waals surface area contributed by atoms with Gasteiger partial charge in [-0.1, -0.05) is 0 Å². The Morgan fingerprint density at radius 1 is 1.88 bits per heavy atom. The van der Waals surface area contributed by atoms with Gasteiger partial charge in [0.15, 0.2) is 6.54 Å². The van der Waals surface area contributed by atoms with Gasteiger partial charge in [0.1, 0.15) is 6.20 Å². The molecular formula is C3H3N3O2. The van der Waals surface area contributed by atoms with Crippen LogP contribution in [0.25, 0.3) is 0 Å². The summed E-state index contributed by atoms with van der Waals surface area (Å²) in [5.41, 5.74) is 0.0602. The maximum atomic E-state index is 9.82. The van der Waals surface area contributed by atoms with Crippen LogP contribution >= 0.6 is 0 Å². The van der Waals surface area contributed by atoms with Gasteiger partial charge in [0.05, 0.1) is 4.92 Å². The van der Waals surface area contributed by atoms with Crippen molar-refractivity contribution in [1.82, 2.24) is 0 Å². The maximum Gasteiger partial charge on any atom is 0.289 e. The predicted octanol–water partition coefficient (Wildman–Crippen LogP) is 0.570. The first-order valence-corrected chi connectivity index (χ1v) is 2.01. The Balaban J connectivity index is 2.64. The fraction of sp³-hybridized carbons (Fsp3) is 0.333. The third-order valence-electron chi connectivity index (χ3n) is 0.756. The van der Waals surface area contributed by atoms with E-state index in [2.05, 4.69) is 10.2 Å². The Kier molecular flexibility index (Phi) is 1.03. The molecule has 5 nitrogen and oxygen atoms in total. The van der Waals surface area contributed by atoms with E-state index in [0.717, 1.165) is 6.20 Å². The highest BCUT2D eigenvalue weighted by atomic mass is 16.6. The normalized spacial score (nSPS) is 16.2. The molecule has 8 heavy (non-hydrogen) atoms. The minimum Gasteiger partial charge on any atom is -0.259 e. The lowest BCUT2D eigenvalue weighted by atomic mass is 10.5. The lowest BCUT2D eigenvalue weighted by Crippen LogP contribution is -1.97. The molecular weight excluding hydrogens is 110 g/mol. The van der Waals surface area contributed by atoms with Crippen molar-refractivity contribution < 1.29 is 4.92 Å². The van der Waals surface area contributed by atoms with Crippen molar-refractivity contribution in [3.05, 3.63) is 22.0 Å². The summed E-state index contributed by atoms with van der Waals surface area (Å²) in [6, 6.07) is 0. The molecule has 0 aromatic heterocycles. The molecule has 0 aromatic rings. The molecule has 0 fully saturated rings. The van der Waals surface area contributed by atoms with E-state index in [0.29, 0.717) is 0 Å². The molecule has 42 valence electrons. The van der Waals surface area contributed by atoms with Crippen molar-refractivity contribution in [3.8, 4) is 0 Å². The molecule has 0 N–H and O–H groups in total. The second-order valence-corrected chi connectivity index (χ2v) is 1.29. The summed E-state index contributed by atoms with van der Waals surface area (Å²) >= 11 is 0. The Labute approximate surface area is 44.9 Å². The third-order valence-corrected chi connectivity index (χ3v) is 0.756. The Morgan fingerprint density at radius 2 is 2.62 bits per heavy atom. The van der Waals surface area contributed by atoms with Gasteiger partial charge < -0.3 is 0 Å². The minimum absolute atomic E-state index is 0.0602. The summed E-state index contributed by atoms with van der Waals surface area (Å²) in [5, 5.41) is 16.5. The average molecular weight is 113 g/mol. The van der Waals surface area contributed by atoms with Crippen molar-refractivity contribution in [2.45, 2.75) is 0 Å². The van der Waals surface area contributed by atoms with Gasteiger partial charge >= 0.3 is 0 Å². The van der Waals surface area contributed by atoms with E-state index in [1.165, 1.54) is 0 Å². The third kappa shape index (κ3) is 0.699. The monoisotopic (exact) mass is 113 g/mol. The predicted molar refractivity (Wildman–Crippen MR) is 24.8 cm³/mol. The summed E-state index contributed by atoms with van der Waals surface area (Å²) in [7, 11) is 0. The molecule has 1 heterocycles. The quantitative estimate of drug-likeness (QED) is 0.368. The molecule has 0 spiro atoms. The highest BCUT2D eigenvalue weighted by Gasteiger charge is 2.12. The molecule has 1 aliphatic heterocycles. The summed E-state index contributed by atoms with van der Waals surface area (Å²) in [4.78, 5) is 9.33. The average Bonchev–Trinajstić information content (AvgIpc) is 2.12. The van der Waals surface area contributed by atoms with Crippen LogP contribution in [-0.2, 0) is 0 Å². The number of nitrogens with zero attached hydrogens (tertiary/aromatic N) is 3. The van der Waals surface area contributed by atoms with Crippen LogP contribution in [0.3, 0.4) is 0 Å². The lowest BCUT2D eigenvalue weighted by Gasteiger charge is -1.81. The van der Waals surface area contributed by atoms with E-state index in [4.69, 9.17) is 0 Å². The Morgan fingerprint density at radius 3 is 2.88 bits per heavy atom. The fourth-order valence-corrected chi connectivity index (χ4v) is 0.366. The topological polar surface area (TPSA) is 67.9 Å². The van der Waals surface area contributed by atoms with Crippen molar-refractivity contribution in [3.63, 3.8) is 0 Å². The summed E-state index contributed by atoms with van der Waals surface area (Å²) < 4.78 is 0. The molecule has 0 aliphatic carbocycles. The molecule has 1 rings (SSSR count). The highest BCUT2D eigenvalue weighted by Crippen LogP contribution is 2.03. The van der Waals surface area contributed by atoms with E-state index in [1.807, 2.05) is 0 Å². The van der Waals surface area contributed by atoms with E-state index in [9.17, 15) is 10.1 Å². The second kappa shape index (κ2) is 1.69. The van der Waals surface area contributed by atoms with Gasteiger partial charge in [0.25, 0.3) is 5.70 Å². The van der Waals surface area contributed by atoms with Crippen LogP contribution in [0, 0.1) is 10.1 Å². The first-order valence-electron chi connectivity index (χ1n) is 2.01. The molecule has 0 radical (unpaired) electrons. The van der Waals surface area contributed by atoms with E-state index < -0.39 is 4.92 Å². The first kappa shape index (κ1) is 4.89. The van der Waals surface area contributed by atoms with Crippen LogP contribution in [0.1, 0.15) is 0 Å². The zero-order chi connectivity index (χ0) is 5.98. The van der Waals surface area contributed by atoms with E-state index in [-0.39, 0.29) is 12.2 Å². The number of rotatable bonds is 1. The summed E-state index contributed by atoms with van der Waals surface area (Å²) in [6.07, 6.45) is 1.15. The van der Waals surface area contributed by atoms with Gasteiger partial charge in [-0.25, -0.2) is 0 Å². The van der Waals surface area contributed by atoms with Crippen LogP contribution in [0.4, 0.5) is 0 Å².